The molecule has 0 fully saturated rings. The minimum atomic E-state index is -3.80. The number of ether oxygens (including phenoxy) is 3. The van der Waals surface area contributed by atoms with Gasteiger partial charge in [0, 0.05) is 36.6 Å². The van der Waals surface area contributed by atoms with Crippen LogP contribution in [0.2, 0.25) is 5.02 Å². The Labute approximate surface area is 279 Å². The molecule has 0 saturated carbocycles. The zero-order valence-corrected chi connectivity index (χ0v) is 27.3. The molecule has 47 heavy (non-hydrogen) atoms. The van der Waals surface area contributed by atoms with E-state index in [0.29, 0.717) is 40.7 Å². The van der Waals surface area contributed by atoms with E-state index >= 15 is 0 Å². The highest BCUT2D eigenvalue weighted by atomic mass is 35.5. The molecule has 0 saturated heterocycles. The number of hydrazine groups is 1. The number of methoxy groups -OCH3 is 1. The zero-order valence-electron chi connectivity index (χ0n) is 25.8. The predicted molar refractivity (Wildman–Crippen MR) is 179 cm³/mol. The number of carbonyl (C=O) groups excluding carboxylic acids is 1. The predicted octanol–water partition coefficient (Wildman–Crippen LogP) is 5.05. The fourth-order valence-electron chi connectivity index (χ4n) is 5.15. The number of aliphatic hydroxyl groups is 1. The highest BCUT2D eigenvalue weighted by molar-refractivity contribution is 7.91. The Hall–Kier alpha value is -4.42. The van der Waals surface area contributed by atoms with Crippen LogP contribution in [0.3, 0.4) is 0 Å². The van der Waals surface area contributed by atoms with Crippen LogP contribution in [0.5, 0.6) is 11.5 Å². The second-order valence-corrected chi connectivity index (χ2v) is 13.4. The Morgan fingerprint density at radius 2 is 1.72 bits per heavy atom. The average Bonchev–Trinajstić information content (AvgIpc) is 3.50. The van der Waals surface area contributed by atoms with Crippen LogP contribution in [0.15, 0.2) is 113 Å². The van der Waals surface area contributed by atoms with E-state index in [0.717, 1.165) is 5.56 Å². The normalized spacial score (nSPS) is 17.4. The molecular formula is C35H36ClN3O7S. The summed E-state index contributed by atoms with van der Waals surface area (Å²) >= 11 is 6.02. The molecule has 246 valence electrons. The molecule has 10 nitrogen and oxygen atoms in total. The Kier molecular flexibility index (Phi) is 11.2. The lowest BCUT2D eigenvalue weighted by molar-refractivity contribution is -0.130. The van der Waals surface area contributed by atoms with Crippen molar-refractivity contribution in [2.45, 2.75) is 35.9 Å². The Morgan fingerprint density at radius 1 is 0.979 bits per heavy atom. The maximum atomic E-state index is 14.3. The molecule has 1 heterocycles. The van der Waals surface area contributed by atoms with Gasteiger partial charge < -0.3 is 19.3 Å². The molecule has 0 radical (unpaired) electrons. The van der Waals surface area contributed by atoms with Crippen LogP contribution >= 0.6 is 11.6 Å². The first kappa shape index (κ1) is 33.9. The molecule has 3 N–H and O–H groups in total. The molecule has 12 heteroatoms. The molecule has 0 spiro atoms. The van der Waals surface area contributed by atoms with E-state index in [1.807, 2.05) is 12.1 Å². The van der Waals surface area contributed by atoms with E-state index in [2.05, 4.69) is 10.9 Å². The van der Waals surface area contributed by atoms with Gasteiger partial charge in [-0.3, -0.25) is 10.2 Å². The fourth-order valence-corrected chi connectivity index (χ4v) is 6.66. The maximum absolute atomic E-state index is 14.3. The number of hydrogen-bond donors (Lipinski definition) is 3. The molecule has 1 aliphatic rings. The van der Waals surface area contributed by atoms with Gasteiger partial charge in [0.25, 0.3) is 5.91 Å². The summed E-state index contributed by atoms with van der Waals surface area (Å²) in [7, 11) is -2.27. The lowest BCUT2D eigenvalue weighted by Gasteiger charge is -2.30. The van der Waals surface area contributed by atoms with Gasteiger partial charge in [0.2, 0.25) is 5.90 Å². The van der Waals surface area contributed by atoms with E-state index in [1.54, 1.807) is 78.9 Å². The smallest absolute Gasteiger partial charge is 0.266 e. The second-order valence-electron chi connectivity index (χ2n) is 10.9. The van der Waals surface area contributed by atoms with Crippen molar-refractivity contribution < 1.29 is 32.5 Å². The zero-order chi connectivity index (χ0) is 33.3. The summed E-state index contributed by atoms with van der Waals surface area (Å²) in [5.41, 5.74) is 6.04. The van der Waals surface area contributed by atoms with Gasteiger partial charge in [0.05, 0.1) is 24.4 Å². The third-order valence-corrected chi connectivity index (χ3v) is 9.67. The molecule has 4 aromatic carbocycles. The minimum Gasteiger partial charge on any atom is -0.497 e. The summed E-state index contributed by atoms with van der Waals surface area (Å²) in [6.45, 7) is 0.654. The standard InChI is InChI=1S/C35H36ClN3O7S/c1-44-30-8-5-7-27(23-30)32-35(19-22-47(42,43)31-9-3-2-4-10-31,34(41)39-37-24-25-11-15-28(36)16-12-25)38-33(46-32)26-13-17-29(18-14-26)45-21-6-20-40/h2-5,7-18,23,32,37,40H,6,19-22,24H2,1H3,(H,39,41)/t32-,35-/m0/s1. The molecular weight excluding hydrogens is 642 g/mol. The lowest BCUT2D eigenvalue weighted by Crippen LogP contribution is -2.53. The number of carbonyl (C=O) groups is 1. The van der Waals surface area contributed by atoms with Crippen LogP contribution in [-0.2, 0) is 25.9 Å². The number of sulfone groups is 1. The highest BCUT2D eigenvalue weighted by Crippen LogP contribution is 2.43. The molecule has 1 amide bonds. The Balaban J connectivity index is 1.52. The van der Waals surface area contributed by atoms with Gasteiger partial charge in [-0.1, -0.05) is 54.1 Å². The quantitative estimate of drug-likeness (QED) is 0.118. The number of rotatable bonds is 15. The van der Waals surface area contributed by atoms with Crippen LogP contribution in [0.4, 0.5) is 0 Å². The van der Waals surface area contributed by atoms with E-state index in [4.69, 9.17) is 35.9 Å². The number of aliphatic imine (C=N–C) groups is 1. The van der Waals surface area contributed by atoms with Crippen molar-refractivity contribution in [3.63, 3.8) is 0 Å². The van der Waals surface area contributed by atoms with Gasteiger partial charge in [0.1, 0.15) is 11.5 Å². The summed E-state index contributed by atoms with van der Waals surface area (Å²) in [5.74, 6) is 0.358. The van der Waals surface area contributed by atoms with Crippen LogP contribution < -0.4 is 20.3 Å². The monoisotopic (exact) mass is 677 g/mol. The lowest BCUT2D eigenvalue weighted by atomic mass is 9.85. The van der Waals surface area contributed by atoms with Gasteiger partial charge >= 0.3 is 0 Å². The number of amides is 1. The van der Waals surface area contributed by atoms with Gasteiger partial charge in [-0.25, -0.2) is 18.8 Å². The van der Waals surface area contributed by atoms with Crippen molar-refractivity contribution in [2.24, 2.45) is 4.99 Å². The van der Waals surface area contributed by atoms with E-state index in [9.17, 15) is 13.2 Å². The number of aliphatic hydroxyl groups excluding tert-OH is 1. The molecule has 0 aromatic heterocycles. The SMILES string of the molecule is COc1cccc([C@@H]2OC(c3ccc(OCCCO)cc3)=N[C@]2(CCS(=O)(=O)c2ccccc2)C(=O)NNCc2ccc(Cl)cc2)c1. The molecule has 1 aliphatic heterocycles. The Bertz CT molecular complexity index is 1790. The summed E-state index contributed by atoms with van der Waals surface area (Å²) < 4.78 is 44.7. The van der Waals surface area contributed by atoms with Crippen LogP contribution in [0.1, 0.15) is 35.6 Å². The highest BCUT2D eigenvalue weighted by Gasteiger charge is 2.53. The molecule has 0 bridgehead atoms. The van der Waals surface area contributed by atoms with E-state index in [1.165, 1.54) is 19.2 Å². The number of halogens is 1. The summed E-state index contributed by atoms with van der Waals surface area (Å²) in [6, 6.07) is 29.3. The number of nitrogens with zero attached hydrogens (tertiary/aromatic N) is 1. The van der Waals surface area contributed by atoms with Crippen LogP contribution in [0.25, 0.3) is 0 Å². The van der Waals surface area contributed by atoms with Crippen molar-refractivity contribution in [1.29, 1.82) is 0 Å². The van der Waals surface area contributed by atoms with Gasteiger partial charge in [0.15, 0.2) is 21.5 Å². The average molecular weight is 678 g/mol. The first-order chi connectivity index (χ1) is 22.7. The van der Waals surface area contributed by atoms with Gasteiger partial charge in [-0.05, 0) is 71.8 Å². The topological polar surface area (TPSA) is 136 Å². The summed E-state index contributed by atoms with van der Waals surface area (Å²) in [4.78, 5) is 19.4. The molecule has 0 unspecified atom stereocenters. The first-order valence-electron chi connectivity index (χ1n) is 15.0. The third-order valence-electron chi connectivity index (χ3n) is 7.69. The maximum Gasteiger partial charge on any atom is 0.266 e. The summed E-state index contributed by atoms with van der Waals surface area (Å²) in [5, 5.41) is 9.65. The van der Waals surface area contributed by atoms with E-state index < -0.39 is 27.4 Å². The van der Waals surface area contributed by atoms with Crippen molar-refractivity contribution in [3.8, 4) is 11.5 Å². The fraction of sp³-hybridized carbons (Fsp3) is 0.257. The van der Waals surface area contributed by atoms with Gasteiger partial charge in [-0.15, -0.1) is 0 Å². The van der Waals surface area contributed by atoms with Crippen LogP contribution in [0, 0.1) is 0 Å². The minimum absolute atomic E-state index is 0.0209. The van der Waals surface area contributed by atoms with Gasteiger partial charge in [-0.2, -0.15) is 0 Å². The first-order valence-corrected chi connectivity index (χ1v) is 17.1. The molecule has 4 aromatic rings. The second kappa shape index (κ2) is 15.4. The Morgan fingerprint density at radius 3 is 2.43 bits per heavy atom. The van der Waals surface area contributed by atoms with Crippen molar-refractivity contribution in [2.75, 3.05) is 26.1 Å². The molecule has 0 aliphatic carbocycles. The number of nitrogens with one attached hydrogen (secondary N) is 2. The third kappa shape index (κ3) is 8.30. The van der Waals surface area contributed by atoms with Crippen molar-refractivity contribution >= 4 is 33.2 Å². The van der Waals surface area contributed by atoms with Crippen molar-refractivity contribution in [1.82, 2.24) is 10.9 Å². The number of hydrogen-bond acceptors (Lipinski definition) is 9. The summed E-state index contributed by atoms with van der Waals surface area (Å²) in [6.07, 6.45) is -0.696. The van der Waals surface area contributed by atoms with E-state index in [-0.39, 0.29) is 36.1 Å². The van der Waals surface area contributed by atoms with Crippen LogP contribution in [-0.4, -0.2) is 56.9 Å². The van der Waals surface area contributed by atoms with Crippen molar-refractivity contribution in [3.05, 3.63) is 125 Å². The largest absolute Gasteiger partial charge is 0.497 e. The number of benzene rings is 4. The molecule has 2 atom stereocenters. The molecule has 5 rings (SSSR count).